The van der Waals surface area contributed by atoms with Gasteiger partial charge in [-0.3, -0.25) is 4.90 Å². The zero-order valence-electron chi connectivity index (χ0n) is 26.1. The molecule has 210 valence electrons. The molecule has 5 nitrogen and oxygen atoms in total. The van der Waals surface area contributed by atoms with E-state index < -0.39 is 0 Å². The average molecular weight is 500 g/mol. The number of ether oxygens (including phenoxy) is 1. The number of likely N-dealkylation sites (tertiary alicyclic amines) is 1. The fourth-order valence-corrected chi connectivity index (χ4v) is 5.81. The van der Waals surface area contributed by atoms with Gasteiger partial charge in [0, 0.05) is 25.6 Å². The van der Waals surface area contributed by atoms with Crippen LogP contribution in [0.5, 0.6) is 0 Å². The fraction of sp³-hybridized carbons (Fsp3) is 1.00. The number of quaternary nitrogens is 3. The third-order valence-corrected chi connectivity index (χ3v) is 8.81. The van der Waals surface area contributed by atoms with Gasteiger partial charge in [0.2, 0.25) is 0 Å². The molecule has 0 bridgehead atoms. The second kappa shape index (κ2) is 15.3. The smallest absolute Gasteiger partial charge is 0.102 e. The van der Waals surface area contributed by atoms with Gasteiger partial charge in [-0.15, -0.1) is 0 Å². The lowest BCUT2D eigenvalue weighted by Crippen LogP contribution is -2.57. The Bertz CT molecular complexity index is 537. The molecule has 3 aliphatic heterocycles. The Balaban J connectivity index is 0.000000264. The molecule has 0 spiro atoms. The number of piperidine rings is 1. The third-order valence-electron chi connectivity index (χ3n) is 8.81. The lowest BCUT2D eigenvalue weighted by Gasteiger charge is -2.41. The highest BCUT2D eigenvalue weighted by Gasteiger charge is 2.28. The SMILES string of the molecule is CC(C)C1CC[N+](C)(C)CC1.CC(C)C[N+]1(C)CCOCC1.CC[N+]1(C)CCN(CC(C)C)CC1. The van der Waals surface area contributed by atoms with E-state index in [0.29, 0.717) is 0 Å². The molecule has 0 aromatic heterocycles. The molecule has 3 rings (SSSR count). The third kappa shape index (κ3) is 13.8. The monoisotopic (exact) mass is 500 g/mol. The molecule has 0 aliphatic carbocycles. The van der Waals surface area contributed by atoms with Crippen LogP contribution in [0.3, 0.4) is 0 Å². The maximum absolute atomic E-state index is 5.33. The average Bonchev–Trinajstić information content (AvgIpc) is 2.75. The van der Waals surface area contributed by atoms with Gasteiger partial charge in [0.05, 0.1) is 80.7 Å². The molecule has 0 radical (unpaired) electrons. The molecule has 0 N–H and O–H groups in total. The lowest BCUT2D eigenvalue weighted by molar-refractivity contribution is -0.919. The standard InChI is InChI=1S/C11H25N2.C10H22N.C9H20NO/c1-5-13(4)8-6-12(7-9-13)10-11(2)3;1-9(2)10-5-7-11(3,4)8-6-10;1-9(2)8-10(3)4-6-11-7-5-10/h11H,5-10H2,1-4H3;9-10H,5-8H2,1-4H3;9H,4-8H2,1-3H3/q3*+1. The van der Waals surface area contributed by atoms with Crippen LogP contribution in [0.15, 0.2) is 0 Å². The van der Waals surface area contributed by atoms with Gasteiger partial charge in [0.1, 0.15) is 13.1 Å². The second-order valence-electron chi connectivity index (χ2n) is 14.3. The summed E-state index contributed by atoms with van der Waals surface area (Å²) in [5.41, 5.74) is 0. The van der Waals surface area contributed by atoms with Gasteiger partial charge in [-0.25, -0.2) is 0 Å². The van der Waals surface area contributed by atoms with Crippen molar-refractivity contribution in [3.63, 3.8) is 0 Å². The summed E-state index contributed by atoms with van der Waals surface area (Å²) in [6.07, 6.45) is 2.87. The van der Waals surface area contributed by atoms with E-state index in [4.69, 9.17) is 4.74 Å². The summed E-state index contributed by atoms with van der Waals surface area (Å²) in [6.45, 7) is 32.4. The molecule has 0 atom stereocenters. The normalized spacial score (nSPS) is 24.5. The number of hydrogen-bond donors (Lipinski definition) is 0. The number of hydrogen-bond acceptors (Lipinski definition) is 2. The van der Waals surface area contributed by atoms with Crippen molar-refractivity contribution in [1.82, 2.24) is 4.90 Å². The van der Waals surface area contributed by atoms with Crippen LogP contribution in [-0.2, 0) is 4.74 Å². The Morgan fingerprint density at radius 1 is 0.714 bits per heavy atom. The second-order valence-corrected chi connectivity index (χ2v) is 14.3. The number of rotatable bonds is 6. The first-order valence-corrected chi connectivity index (χ1v) is 15.0. The van der Waals surface area contributed by atoms with E-state index in [1.807, 2.05) is 0 Å². The van der Waals surface area contributed by atoms with Gasteiger partial charge < -0.3 is 18.2 Å². The van der Waals surface area contributed by atoms with E-state index in [2.05, 4.69) is 81.6 Å². The first kappa shape index (κ1) is 32.8. The minimum absolute atomic E-state index is 0.804. The van der Waals surface area contributed by atoms with Crippen LogP contribution < -0.4 is 0 Å². The number of likely N-dealkylation sites (N-methyl/N-ethyl adjacent to an activating group) is 2. The summed E-state index contributed by atoms with van der Waals surface area (Å²) in [7, 11) is 9.41. The van der Waals surface area contributed by atoms with Crippen LogP contribution in [0.4, 0.5) is 0 Å². The van der Waals surface area contributed by atoms with Crippen molar-refractivity contribution in [1.29, 1.82) is 0 Å². The van der Waals surface area contributed by atoms with Crippen molar-refractivity contribution < 1.29 is 18.2 Å². The Hall–Kier alpha value is -0.200. The highest BCUT2D eigenvalue weighted by Crippen LogP contribution is 2.26. The summed E-state index contributed by atoms with van der Waals surface area (Å²) in [4.78, 5) is 2.61. The molecule has 0 aromatic carbocycles. The van der Waals surface area contributed by atoms with Crippen LogP contribution in [0.1, 0.15) is 61.3 Å². The van der Waals surface area contributed by atoms with E-state index in [1.54, 1.807) is 0 Å². The maximum atomic E-state index is 5.33. The van der Waals surface area contributed by atoms with Crippen LogP contribution in [-0.4, -0.2) is 132 Å². The molecular weight excluding hydrogens is 432 g/mol. The molecule has 0 saturated carbocycles. The Kier molecular flexibility index (Phi) is 14.3. The van der Waals surface area contributed by atoms with Crippen molar-refractivity contribution >= 4 is 0 Å². The first-order chi connectivity index (χ1) is 16.2. The van der Waals surface area contributed by atoms with E-state index in [1.165, 1.54) is 98.3 Å². The molecule has 0 amide bonds. The molecular formula is C30H67N4O+3. The quantitative estimate of drug-likeness (QED) is 0.492. The molecule has 3 saturated heterocycles. The first-order valence-electron chi connectivity index (χ1n) is 15.0. The molecule has 3 heterocycles. The largest absolute Gasteiger partial charge is 0.370 e. The van der Waals surface area contributed by atoms with Crippen molar-refractivity contribution in [3.8, 4) is 0 Å². The van der Waals surface area contributed by atoms with Crippen molar-refractivity contribution in [2.75, 3.05) is 113 Å². The minimum atomic E-state index is 0.804. The Labute approximate surface area is 221 Å². The van der Waals surface area contributed by atoms with Crippen LogP contribution in [0.25, 0.3) is 0 Å². The zero-order chi connectivity index (χ0) is 26.7. The maximum Gasteiger partial charge on any atom is 0.102 e. The van der Waals surface area contributed by atoms with Crippen molar-refractivity contribution in [2.24, 2.45) is 23.7 Å². The number of nitrogens with zero attached hydrogens (tertiary/aromatic N) is 4. The van der Waals surface area contributed by atoms with Gasteiger partial charge in [0.15, 0.2) is 0 Å². The molecule has 3 aliphatic rings. The summed E-state index contributed by atoms with van der Waals surface area (Å²) in [5, 5.41) is 0. The number of morpholine rings is 1. The zero-order valence-corrected chi connectivity index (χ0v) is 26.1. The minimum Gasteiger partial charge on any atom is -0.370 e. The van der Waals surface area contributed by atoms with E-state index >= 15 is 0 Å². The van der Waals surface area contributed by atoms with Crippen molar-refractivity contribution in [2.45, 2.75) is 61.3 Å². The Morgan fingerprint density at radius 2 is 1.23 bits per heavy atom. The van der Waals surface area contributed by atoms with E-state index in [9.17, 15) is 0 Å². The summed E-state index contributed by atoms with van der Waals surface area (Å²) >= 11 is 0. The highest BCUT2D eigenvalue weighted by atomic mass is 16.5. The van der Waals surface area contributed by atoms with Gasteiger partial charge in [-0.1, -0.05) is 41.5 Å². The lowest BCUT2D eigenvalue weighted by atomic mass is 9.86. The predicted molar refractivity (Wildman–Crippen MR) is 154 cm³/mol. The fourth-order valence-electron chi connectivity index (χ4n) is 5.81. The summed E-state index contributed by atoms with van der Waals surface area (Å²) in [6, 6.07) is 0. The van der Waals surface area contributed by atoms with Gasteiger partial charge in [-0.2, -0.15) is 0 Å². The molecule has 0 unspecified atom stereocenters. The van der Waals surface area contributed by atoms with E-state index in [-0.39, 0.29) is 0 Å². The molecule has 0 aromatic rings. The summed E-state index contributed by atoms with van der Waals surface area (Å²) in [5.74, 6) is 3.52. The summed E-state index contributed by atoms with van der Waals surface area (Å²) < 4.78 is 9.05. The van der Waals surface area contributed by atoms with Crippen LogP contribution in [0.2, 0.25) is 0 Å². The Morgan fingerprint density at radius 3 is 1.63 bits per heavy atom. The number of piperazine rings is 1. The van der Waals surface area contributed by atoms with E-state index in [0.717, 1.165) is 36.9 Å². The van der Waals surface area contributed by atoms with Crippen LogP contribution in [0, 0.1) is 23.7 Å². The highest BCUT2D eigenvalue weighted by molar-refractivity contribution is 4.66. The molecule has 3 fully saturated rings. The van der Waals surface area contributed by atoms with Gasteiger partial charge in [0.25, 0.3) is 0 Å². The van der Waals surface area contributed by atoms with Crippen molar-refractivity contribution in [3.05, 3.63) is 0 Å². The van der Waals surface area contributed by atoms with Gasteiger partial charge in [-0.05, 0) is 37.5 Å². The topological polar surface area (TPSA) is 12.5 Å². The molecule has 5 heteroatoms. The van der Waals surface area contributed by atoms with Gasteiger partial charge >= 0.3 is 0 Å². The molecule has 35 heavy (non-hydrogen) atoms. The predicted octanol–water partition coefficient (Wildman–Crippen LogP) is 4.67. The van der Waals surface area contributed by atoms with Crippen LogP contribution >= 0.6 is 0 Å².